The molecule has 2 aromatic carbocycles. The third-order valence-electron chi connectivity index (χ3n) is 3.43. The molecule has 1 nitrogen and oxygen atoms in total. The zero-order valence-electron chi connectivity index (χ0n) is 10.5. The minimum atomic E-state index is 0.448. The molecule has 0 radical (unpaired) electrons. The zero-order valence-corrected chi connectivity index (χ0v) is 11.3. The van der Waals surface area contributed by atoms with Crippen molar-refractivity contribution >= 4 is 17.4 Å². The van der Waals surface area contributed by atoms with Gasteiger partial charge >= 0.3 is 0 Å². The van der Waals surface area contributed by atoms with Crippen LogP contribution in [-0.2, 0) is 0 Å². The van der Waals surface area contributed by atoms with Crippen molar-refractivity contribution in [3.63, 3.8) is 0 Å². The van der Waals surface area contributed by atoms with Crippen molar-refractivity contribution in [3.8, 4) is 0 Å². The van der Waals surface area contributed by atoms with Crippen LogP contribution in [0.2, 0.25) is 0 Å². The van der Waals surface area contributed by atoms with Crippen LogP contribution < -0.4 is 5.32 Å². The molecule has 1 aliphatic rings. The summed E-state index contributed by atoms with van der Waals surface area (Å²) in [5, 5.41) is 3.69. The average molecular weight is 255 g/mol. The minimum Gasteiger partial charge on any atom is -0.378 e. The van der Waals surface area contributed by atoms with E-state index in [1.54, 1.807) is 0 Å². The summed E-state index contributed by atoms with van der Waals surface area (Å²) >= 11 is 1.97. The van der Waals surface area contributed by atoms with Gasteiger partial charge in [-0.3, -0.25) is 0 Å². The van der Waals surface area contributed by atoms with E-state index in [0.29, 0.717) is 6.04 Å². The number of rotatable bonds is 2. The van der Waals surface area contributed by atoms with Gasteiger partial charge in [-0.25, -0.2) is 0 Å². The molecule has 2 heteroatoms. The first-order valence-corrected chi connectivity index (χ1v) is 7.37. The minimum absolute atomic E-state index is 0.448. The summed E-state index contributed by atoms with van der Waals surface area (Å²) < 4.78 is 0. The Balaban J connectivity index is 1.89. The van der Waals surface area contributed by atoms with Crippen LogP contribution in [0.1, 0.15) is 23.6 Å². The molecule has 0 bridgehead atoms. The molecule has 0 fully saturated rings. The van der Waals surface area contributed by atoms with Crippen LogP contribution in [0.25, 0.3) is 0 Å². The lowest BCUT2D eigenvalue weighted by Crippen LogP contribution is -2.16. The van der Waals surface area contributed by atoms with E-state index in [-0.39, 0.29) is 0 Å². The number of aryl methyl sites for hydroxylation is 1. The van der Waals surface area contributed by atoms with Gasteiger partial charge < -0.3 is 5.32 Å². The van der Waals surface area contributed by atoms with Crippen molar-refractivity contribution in [1.82, 2.24) is 0 Å². The highest BCUT2D eigenvalue weighted by Gasteiger charge is 2.20. The maximum absolute atomic E-state index is 3.69. The molecule has 0 saturated heterocycles. The summed E-state index contributed by atoms with van der Waals surface area (Å²) in [5.74, 6) is 1.20. The molecule has 1 atom stereocenters. The number of nitrogens with one attached hydrogen (secondary N) is 1. The standard InChI is InChI=1S/C16H17NS/c1-12-6-2-4-8-14(12)17-15-10-11-18-16-9-5-3-7-13(15)16/h2-9,15,17H,10-11H2,1H3. The van der Waals surface area contributed by atoms with Gasteiger partial charge in [0.05, 0.1) is 6.04 Å². The highest BCUT2D eigenvalue weighted by Crippen LogP contribution is 2.37. The molecule has 1 unspecified atom stereocenters. The van der Waals surface area contributed by atoms with Gasteiger partial charge in [-0.15, -0.1) is 11.8 Å². The van der Waals surface area contributed by atoms with Crippen molar-refractivity contribution < 1.29 is 0 Å². The lowest BCUT2D eigenvalue weighted by molar-refractivity contribution is 0.728. The molecule has 0 aliphatic carbocycles. The Labute approximate surface area is 113 Å². The van der Waals surface area contributed by atoms with E-state index < -0.39 is 0 Å². The number of hydrogen-bond acceptors (Lipinski definition) is 2. The van der Waals surface area contributed by atoms with Gasteiger partial charge in [0.15, 0.2) is 0 Å². The number of fused-ring (bicyclic) bond motifs is 1. The van der Waals surface area contributed by atoms with E-state index in [0.717, 1.165) is 0 Å². The van der Waals surface area contributed by atoms with Crippen molar-refractivity contribution in [2.75, 3.05) is 11.1 Å². The van der Waals surface area contributed by atoms with Gasteiger partial charge in [0, 0.05) is 16.3 Å². The summed E-state index contributed by atoms with van der Waals surface area (Å²) in [6.07, 6.45) is 1.19. The Hall–Kier alpha value is -1.41. The third kappa shape index (κ3) is 2.25. The number of thioether (sulfide) groups is 1. The van der Waals surface area contributed by atoms with Gasteiger partial charge in [0.25, 0.3) is 0 Å². The molecule has 1 heterocycles. The molecule has 0 amide bonds. The SMILES string of the molecule is Cc1ccccc1NC1CCSc2ccccc21. The second-order valence-corrected chi connectivity index (χ2v) is 5.82. The monoisotopic (exact) mass is 255 g/mol. The van der Waals surface area contributed by atoms with Crippen LogP contribution in [0.4, 0.5) is 5.69 Å². The summed E-state index contributed by atoms with van der Waals surface area (Å²) in [6.45, 7) is 2.16. The van der Waals surface area contributed by atoms with Crippen molar-refractivity contribution in [2.45, 2.75) is 24.3 Å². The second-order valence-electron chi connectivity index (χ2n) is 4.69. The van der Waals surface area contributed by atoms with E-state index in [4.69, 9.17) is 0 Å². The molecule has 1 N–H and O–H groups in total. The van der Waals surface area contributed by atoms with Crippen LogP contribution in [0.5, 0.6) is 0 Å². The van der Waals surface area contributed by atoms with Crippen molar-refractivity contribution in [1.29, 1.82) is 0 Å². The summed E-state index contributed by atoms with van der Waals surface area (Å²) in [6, 6.07) is 17.7. The topological polar surface area (TPSA) is 12.0 Å². The fourth-order valence-electron chi connectivity index (χ4n) is 2.41. The lowest BCUT2D eigenvalue weighted by Gasteiger charge is -2.27. The molecular formula is C16H17NS. The maximum atomic E-state index is 3.69. The zero-order chi connectivity index (χ0) is 12.4. The largest absolute Gasteiger partial charge is 0.378 e. The van der Waals surface area contributed by atoms with Crippen molar-refractivity contribution in [2.24, 2.45) is 0 Å². The second kappa shape index (κ2) is 5.07. The quantitative estimate of drug-likeness (QED) is 0.838. The Kier molecular flexibility index (Phi) is 3.28. The van der Waals surface area contributed by atoms with Crippen LogP contribution in [0, 0.1) is 6.92 Å². The molecule has 3 rings (SSSR count). The fourth-order valence-corrected chi connectivity index (χ4v) is 3.54. The Morgan fingerprint density at radius 1 is 1.06 bits per heavy atom. The van der Waals surface area contributed by atoms with E-state index >= 15 is 0 Å². The van der Waals surface area contributed by atoms with Gasteiger partial charge in [-0.1, -0.05) is 36.4 Å². The molecule has 0 saturated carbocycles. The predicted octanol–water partition coefficient (Wildman–Crippen LogP) is 4.64. The summed E-state index contributed by atoms with van der Waals surface area (Å²) in [5.41, 5.74) is 4.01. The van der Waals surface area contributed by atoms with E-state index in [9.17, 15) is 0 Å². The smallest absolute Gasteiger partial charge is 0.0532 e. The Morgan fingerprint density at radius 3 is 2.72 bits per heavy atom. The molecular weight excluding hydrogens is 238 g/mol. The van der Waals surface area contributed by atoms with Gasteiger partial charge in [-0.2, -0.15) is 0 Å². The Bertz CT molecular complexity index is 550. The van der Waals surface area contributed by atoms with Crippen molar-refractivity contribution in [3.05, 3.63) is 59.7 Å². The molecule has 0 aromatic heterocycles. The van der Waals surface area contributed by atoms with Crippen LogP contribution in [0.15, 0.2) is 53.4 Å². The maximum Gasteiger partial charge on any atom is 0.0532 e. The molecule has 0 spiro atoms. The van der Waals surface area contributed by atoms with Gasteiger partial charge in [-0.05, 0) is 36.6 Å². The number of para-hydroxylation sites is 1. The predicted molar refractivity (Wildman–Crippen MR) is 79.3 cm³/mol. The first kappa shape index (κ1) is 11.7. The van der Waals surface area contributed by atoms with E-state index in [1.165, 1.54) is 33.9 Å². The van der Waals surface area contributed by atoms with Gasteiger partial charge in [0.1, 0.15) is 0 Å². The normalized spacial score (nSPS) is 18.2. The Morgan fingerprint density at radius 2 is 1.83 bits per heavy atom. The van der Waals surface area contributed by atoms with E-state index in [1.807, 2.05) is 11.8 Å². The first-order chi connectivity index (χ1) is 8.84. The molecule has 18 heavy (non-hydrogen) atoms. The third-order valence-corrected chi connectivity index (χ3v) is 4.56. The molecule has 92 valence electrons. The van der Waals surface area contributed by atoms with Gasteiger partial charge in [0.2, 0.25) is 0 Å². The average Bonchev–Trinajstić information content (AvgIpc) is 2.42. The summed E-state index contributed by atoms with van der Waals surface area (Å²) in [4.78, 5) is 1.43. The van der Waals surface area contributed by atoms with Crippen LogP contribution in [-0.4, -0.2) is 5.75 Å². The molecule has 1 aliphatic heterocycles. The highest BCUT2D eigenvalue weighted by atomic mass is 32.2. The van der Waals surface area contributed by atoms with Crippen LogP contribution >= 0.6 is 11.8 Å². The fraction of sp³-hybridized carbons (Fsp3) is 0.250. The van der Waals surface area contributed by atoms with E-state index in [2.05, 4.69) is 60.8 Å². The highest BCUT2D eigenvalue weighted by molar-refractivity contribution is 7.99. The molecule has 2 aromatic rings. The number of hydrogen-bond donors (Lipinski definition) is 1. The van der Waals surface area contributed by atoms with Crippen LogP contribution in [0.3, 0.4) is 0 Å². The number of anilines is 1. The summed E-state index contributed by atoms with van der Waals surface area (Å²) in [7, 11) is 0. The first-order valence-electron chi connectivity index (χ1n) is 6.38. The number of benzene rings is 2. The lowest BCUT2D eigenvalue weighted by atomic mass is 10.0.